The molecule has 1 atom stereocenters. The Labute approximate surface area is 215 Å². The first-order valence-corrected chi connectivity index (χ1v) is 13.0. The van der Waals surface area contributed by atoms with Crippen molar-refractivity contribution in [2.75, 3.05) is 0 Å². The van der Waals surface area contributed by atoms with Gasteiger partial charge in [0, 0.05) is 21.3 Å². The minimum atomic E-state index is -0.0837. The van der Waals surface area contributed by atoms with Gasteiger partial charge in [0.25, 0.3) is 0 Å². The van der Waals surface area contributed by atoms with E-state index in [2.05, 4.69) is 85.4 Å². The maximum absolute atomic E-state index is 6.48. The summed E-state index contributed by atoms with van der Waals surface area (Å²) in [6.07, 6.45) is 1.68. The van der Waals surface area contributed by atoms with Crippen LogP contribution in [0.4, 0.5) is 0 Å². The summed E-state index contributed by atoms with van der Waals surface area (Å²) >= 11 is 8.72. The van der Waals surface area contributed by atoms with Gasteiger partial charge in [0.1, 0.15) is 12.1 Å². The van der Waals surface area contributed by atoms with Gasteiger partial charge in [-0.15, -0.1) is 16.4 Å². The van der Waals surface area contributed by atoms with Gasteiger partial charge in [-0.05, 0) is 48.9 Å². The molecule has 0 fully saturated rings. The van der Waals surface area contributed by atoms with Crippen LogP contribution in [0.1, 0.15) is 22.6 Å². The molecule has 0 saturated carbocycles. The Bertz CT molecular complexity index is 1710. The van der Waals surface area contributed by atoms with Crippen molar-refractivity contribution in [1.82, 2.24) is 19.6 Å². The molecule has 8 heteroatoms. The standard InChI is InChI=1S/C26H14Br2N4OS/c27-18-12-19(34-23(18)28)24-30-25-21-20(15-7-2-1-3-8-15)17-11-10-14-6-4-5-9-16(14)22(17)33-26(21)29-13-32(25)31-24/h1-13,20H/t20-/m0/s1. The number of halogens is 2. The highest BCUT2D eigenvalue weighted by atomic mass is 79.9. The molecule has 1 aliphatic heterocycles. The van der Waals surface area contributed by atoms with E-state index in [9.17, 15) is 0 Å². The van der Waals surface area contributed by atoms with Gasteiger partial charge in [-0.25, -0.2) is 14.5 Å². The zero-order valence-corrected chi connectivity index (χ0v) is 21.4. The maximum Gasteiger partial charge on any atom is 0.228 e. The van der Waals surface area contributed by atoms with Gasteiger partial charge in [0.2, 0.25) is 5.88 Å². The van der Waals surface area contributed by atoms with Crippen LogP contribution >= 0.6 is 43.2 Å². The lowest BCUT2D eigenvalue weighted by molar-refractivity contribution is 0.437. The second-order valence-electron chi connectivity index (χ2n) is 8.05. The average Bonchev–Trinajstić information content (AvgIpc) is 3.46. The van der Waals surface area contributed by atoms with Crippen LogP contribution < -0.4 is 4.74 Å². The van der Waals surface area contributed by atoms with E-state index in [1.807, 2.05) is 24.3 Å². The summed E-state index contributed by atoms with van der Waals surface area (Å²) in [6, 6.07) is 25.1. The molecule has 5 nitrogen and oxygen atoms in total. The van der Waals surface area contributed by atoms with Crippen molar-refractivity contribution in [2.24, 2.45) is 0 Å². The number of nitrogens with zero attached hydrogens (tertiary/aromatic N) is 4. The van der Waals surface area contributed by atoms with E-state index in [0.717, 1.165) is 52.0 Å². The van der Waals surface area contributed by atoms with E-state index in [1.165, 1.54) is 0 Å². The molecule has 0 amide bonds. The summed E-state index contributed by atoms with van der Waals surface area (Å²) in [4.78, 5) is 10.6. The van der Waals surface area contributed by atoms with Gasteiger partial charge in [-0.3, -0.25) is 0 Å². The molecule has 3 aromatic heterocycles. The van der Waals surface area contributed by atoms with Crippen LogP contribution in [0.25, 0.3) is 27.1 Å². The molecule has 164 valence electrons. The van der Waals surface area contributed by atoms with Crippen molar-refractivity contribution in [3.05, 3.63) is 104 Å². The Balaban J connectivity index is 1.51. The lowest BCUT2D eigenvalue weighted by Gasteiger charge is -2.28. The van der Waals surface area contributed by atoms with Gasteiger partial charge in [-0.2, -0.15) is 0 Å². The zero-order chi connectivity index (χ0) is 22.8. The third-order valence-corrected chi connectivity index (χ3v) is 9.35. The van der Waals surface area contributed by atoms with Crippen molar-refractivity contribution in [2.45, 2.75) is 5.92 Å². The van der Waals surface area contributed by atoms with Crippen LogP contribution in [0.5, 0.6) is 11.6 Å². The van der Waals surface area contributed by atoms with E-state index in [0.29, 0.717) is 11.7 Å². The molecule has 34 heavy (non-hydrogen) atoms. The molecule has 0 bridgehead atoms. The highest BCUT2D eigenvalue weighted by Gasteiger charge is 2.34. The van der Waals surface area contributed by atoms with Crippen LogP contribution in [0.3, 0.4) is 0 Å². The molecule has 0 radical (unpaired) electrons. The molecule has 0 unspecified atom stereocenters. The molecule has 3 aromatic carbocycles. The SMILES string of the molecule is Brc1cc(-c2nc3c4c(ncn3n2)Oc2c(ccc3ccccc23)[C@@H]4c2ccccc2)sc1Br. The number of rotatable bonds is 2. The summed E-state index contributed by atoms with van der Waals surface area (Å²) < 4.78 is 10.2. The summed E-state index contributed by atoms with van der Waals surface area (Å²) in [5, 5.41) is 6.94. The fourth-order valence-corrected chi connectivity index (χ4v) is 6.56. The number of hydrogen-bond acceptors (Lipinski definition) is 5. The van der Waals surface area contributed by atoms with Gasteiger partial charge < -0.3 is 4.74 Å². The molecule has 6 aromatic rings. The van der Waals surface area contributed by atoms with Crippen molar-refractivity contribution in [3.63, 3.8) is 0 Å². The second-order valence-corrected chi connectivity index (χ2v) is 11.3. The molecule has 7 rings (SSSR count). The number of hydrogen-bond donors (Lipinski definition) is 0. The van der Waals surface area contributed by atoms with Crippen molar-refractivity contribution in [3.8, 4) is 22.3 Å². The highest BCUT2D eigenvalue weighted by molar-refractivity contribution is 9.13. The molecule has 4 heterocycles. The van der Waals surface area contributed by atoms with Crippen LogP contribution in [0, 0.1) is 0 Å². The minimum Gasteiger partial charge on any atom is -0.438 e. The van der Waals surface area contributed by atoms with Crippen molar-refractivity contribution >= 4 is 59.6 Å². The lowest BCUT2D eigenvalue weighted by Crippen LogP contribution is -2.15. The van der Waals surface area contributed by atoms with E-state index in [4.69, 9.17) is 14.8 Å². The number of benzene rings is 3. The van der Waals surface area contributed by atoms with Gasteiger partial charge in [0.05, 0.1) is 14.2 Å². The highest BCUT2D eigenvalue weighted by Crippen LogP contribution is 2.50. The quantitative estimate of drug-likeness (QED) is 0.206. The minimum absolute atomic E-state index is 0.0837. The maximum atomic E-state index is 6.48. The monoisotopic (exact) mass is 588 g/mol. The fraction of sp³-hybridized carbons (Fsp3) is 0.0385. The number of fused-ring (bicyclic) bond motifs is 6. The summed E-state index contributed by atoms with van der Waals surface area (Å²) in [7, 11) is 0. The van der Waals surface area contributed by atoms with E-state index >= 15 is 0 Å². The second kappa shape index (κ2) is 7.73. The number of aromatic nitrogens is 4. The topological polar surface area (TPSA) is 52.3 Å². The summed E-state index contributed by atoms with van der Waals surface area (Å²) in [6.45, 7) is 0. The van der Waals surface area contributed by atoms with Gasteiger partial charge in [-0.1, -0.05) is 66.7 Å². The third-order valence-electron chi connectivity index (χ3n) is 6.09. The Hall–Kier alpha value is -3.07. The Kier molecular flexibility index (Phi) is 4.62. The molecular formula is C26H14Br2N4OS. The molecule has 0 N–H and O–H groups in total. The number of ether oxygens (including phenoxy) is 1. The van der Waals surface area contributed by atoms with Crippen LogP contribution in [0.2, 0.25) is 0 Å². The fourth-order valence-electron chi connectivity index (χ4n) is 4.60. The first kappa shape index (κ1) is 20.3. The molecule has 0 spiro atoms. The van der Waals surface area contributed by atoms with Crippen LogP contribution in [0.15, 0.2) is 87.4 Å². The molecular weight excluding hydrogens is 576 g/mol. The number of thiophene rings is 1. The van der Waals surface area contributed by atoms with E-state index < -0.39 is 0 Å². The predicted molar refractivity (Wildman–Crippen MR) is 141 cm³/mol. The van der Waals surface area contributed by atoms with Crippen molar-refractivity contribution < 1.29 is 4.74 Å². The predicted octanol–water partition coefficient (Wildman–Crippen LogP) is 7.82. The smallest absolute Gasteiger partial charge is 0.228 e. The van der Waals surface area contributed by atoms with E-state index in [1.54, 1.807) is 22.2 Å². The molecule has 1 aliphatic rings. The van der Waals surface area contributed by atoms with Crippen molar-refractivity contribution in [1.29, 1.82) is 0 Å². The molecule has 0 aliphatic carbocycles. The van der Waals surface area contributed by atoms with Crippen LogP contribution in [-0.2, 0) is 0 Å². The first-order valence-electron chi connectivity index (χ1n) is 10.6. The third kappa shape index (κ3) is 3.06. The first-order chi connectivity index (χ1) is 16.7. The summed E-state index contributed by atoms with van der Waals surface area (Å²) in [5.41, 5.74) is 3.92. The Morgan fingerprint density at radius 3 is 2.59 bits per heavy atom. The normalized spacial score (nSPS) is 14.7. The molecule has 0 saturated heterocycles. The Morgan fingerprint density at radius 1 is 0.941 bits per heavy atom. The largest absolute Gasteiger partial charge is 0.438 e. The van der Waals surface area contributed by atoms with E-state index in [-0.39, 0.29) is 5.92 Å². The average molecular weight is 590 g/mol. The van der Waals surface area contributed by atoms with Gasteiger partial charge in [0.15, 0.2) is 11.5 Å². The zero-order valence-electron chi connectivity index (χ0n) is 17.4. The van der Waals surface area contributed by atoms with Crippen LogP contribution in [-0.4, -0.2) is 19.6 Å². The lowest BCUT2D eigenvalue weighted by atomic mass is 9.83. The summed E-state index contributed by atoms with van der Waals surface area (Å²) in [5.74, 6) is 1.99. The Morgan fingerprint density at radius 2 is 1.76 bits per heavy atom. The van der Waals surface area contributed by atoms with Gasteiger partial charge >= 0.3 is 0 Å².